The quantitative estimate of drug-likeness (QED) is 0.120. The van der Waals surface area contributed by atoms with Crippen LogP contribution in [0.3, 0.4) is 0 Å². The van der Waals surface area contributed by atoms with Gasteiger partial charge >= 0.3 is 5.97 Å². The summed E-state index contributed by atoms with van der Waals surface area (Å²) in [5.74, 6) is 0.774. The molecule has 40 heavy (non-hydrogen) atoms. The lowest BCUT2D eigenvalue weighted by Gasteiger charge is -2.26. The number of halogens is 1. The molecular formula is C33H50ClNO5. The fraction of sp³-hybridized carbons (Fsp3) is 0.727. The molecule has 3 aliphatic rings. The molecular weight excluding hydrogens is 526 g/mol. The SMILES string of the molecule is O=C(CCCC=CC[C@@H]1[C@@H](c2ccc(C(O)CCC3CCCCC3)cc2)[C@H](O)C[C@H]1Cl)OCCN1CCOCC1. The largest absolute Gasteiger partial charge is 0.464 e. The second-order valence-corrected chi connectivity index (χ2v) is 12.6. The Morgan fingerprint density at radius 3 is 2.62 bits per heavy atom. The van der Waals surface area contributed by atoms with E-state index < -0.39 is 12.2 Å². The molecule has 1 aliphatic heterocycles. The Labute approximate surface area is 246 Å². The Morgan fingerprint density at radius 1 is 1.12 bits per heavy atom. The van der Waals surface area contributed by atoms with Gasteiger partial charge < -0.3 is 19.7 Å². The molecule has 0 radical (unpaired) electrons. The summed E-state index contributed by atoms with van der Waals surface area (Å²) in [6.07, 6.45) is 15.3. The van der Waals surface area contributed by atoms with Gasteiger partial charge in [0, 0.05) is 37.4 Å². The van der Waals surface area contributed by atoms with Crippen molar-refractivity contribution in [1.29, 1.82) is 0 Å². The van der Waals surface area contributed by atoms with Crippen molar-refractivity contribution in [2.45, 2.75) is 101 Å². The average Bonchev–Trinajstić information content (AvgIpc) is 3.26. The second kappa shape index (κ2) is 16.9. The Morgan fingerprint density at radius 2 is 1.88 bits per heavy atom. The van der Waals surface area contributed by atoms with Gasteiger partial charge in [-0.05, 0) is 61.5 Å². The highest BCUT2D eigenvalue weighted by molar-refractivity contribution is 6.21. The Kier molecular flexibility index (Phi) is 13.3. The zero-order valence-electron chi connectivity index (χ0n) is 24.1. The van der Waals surface area contributed by atoms with E-state index in [9.17, 15) is 15.0 Å². The first-order valence-corrected chi connectivity index (χ1v) is 16.2. The maximum atomic E-state index is 12.0. The molecule has 1 heterocycles. The van der Waals surface area contributed by atoms with Gasteiger partial charge in [-0.3, -0.25) is 9.69 Å². The van der Waals surface area contributed by atoms with Gasteiger partial charge in [0.05, 0.1) is 25.4 Å². The highest BCUT2D eigenvalue weighted by atomic mass is 35.5. The summed E-state index contributed by atoms with van der Waals surface area (Å²) in [5, 5.41) is 21.5. The molecule has 1 aromatic rings. The monoisotopic (exact) mass is 575 g/mol. The van der Waals surface area contributed by atoms with Gasteiger partial charge in [0.15, 0.2) is 0 Å². The molecule has 0 aromatic heterocycles. The van der Waals surface area contributed by atoms with E-state index in [1.54, 1.807) is 0 Å². The van der Waals surface area contributed by atoms with Gasteiger partial charge in [-0.1, -0.05) is 68.5 Å². The van der Waals surface area contributed by atoms with Crippen molar-refractivity contribution in [2.75, 3.05) is 39.5 Å². The minimum atomic E-state index is -0.463. The molecule has 224 valence electrons. The molecule has 7 heteroatoms. The van der Waals surface area contributed by atoms with E-state index >= 15 is 0 Å². The summed E-state index contributed by atoms with van der Waals surface area (Å²) in [5.41, 5.74) is 2.06. The van der Waals surface area contributed by atoms with Crippen LogP contribution in [0.4, 0.5) is 0 Å². The summed E-state index contributed by atoms with van der Waals surface area (Å²) in [6.45, 7) is 4.52. The highest BCUT2D eigenvalue weighted by Crippen LogP contribution is 2.45. The lowest BCUT2D eigenvalue weighted by Crippen LogP contribution is -2.38. The molecule has 1 saturated heterocycles. The molecule has 0 spiro atoms. The van der Waals surface area contributed by atoms with Crippen LogP contribution >= 0.6 is 11.6 Å². The molecule has 5 atom stereocenters. The Bertz CT molecular complexity index is 897. The number of unbranched alkanes of at least 4 members (excludes halogenated alkanes) is 1. The first-order valence-electron chi connectivity index (χ1n) is 15.7. The number of aliphatic hydroxyl groups excluding tert-OH is 2. The highest BCUT2D eigenvalue weighted by Gasteiger charge is 2.41. The van der Waals surface area contributed by atoms with E-state index in [2.05, 4.69) is 29.2 Å². The van der Waals surface area contributed by atoms with Crippen LogP contribution in [0, 0.1) is 11.8 Å². The van der Waals surface area contributed by atoms with E-state index in [0.29, 0.717) is 19.4 Å². The van der Waals surface area contributed by atoms with E-state index in [0.717, 1.165) is 82.0 Å². The number of hydrogen-bond donors (Lipinski definition) is 2. The molecule has 6 nitrogen and oxygen atoms in total. The lowest BCUT2D eigenvalue weighted by atomic mass is 9.83. The number of carbonyl (C=O) groups is 1. The number of aliphatic hydroxyl groups is 2. The van der Waals surface area contributed by atoms with E-state index in [1.807, 2.05) is 12.1 Å². The number of ether oxygens (including phenoxy) is 2. The van der Waals surface area contributed by atoms with Crippen LogP contribution in [0.1, 0.15) is 100 Å². The molecule has 1 unspecified atom stereocenters. The number of carbonyl (C=O) groups excluding carboxylic acids is 1. The maximum absolute atomic E-state index is 12.0. The fourth-order valence-corrected chi connectivity index (χ4v) is 7.17. The second-order valence-electron chi connectivity index (χ2n) is 12.0. The van der Waals surface area contributed by atoms with Crippen LogP contribution in [0.5, 0.6) is 0 Å². The van der Waals surface area contributed by atoms with Crippen molar-refractivity contribution >= 4 is 17.6 Å². The first-order chi connectivity index (χ1) is 19.5. The minimum Gasteiger partial charge on any atom is -0.464 e. The summed E-state index contributed by atoms with van der Waals surface area (Å²) in [4.78, 5) is 14.3. The number of rotatable bonds is 14. The summed E-state index contributed by atoms with van der Waals surface area (Å²) in [7, 11) is 0. The number of morpholine rings is 1. The summed E-state index contributed by atoms with van der Waals surface area (Å²) < 4.78 is 10.7. The van der Waals surface area contributed by atoms with Gasteiger partial charge in [-0.15, -0.1) is 11.6 Å². The van der Waals surface area contributed by atoms with Crippen molar-refractivity contribution in [2.24, 2.45) is 11.8 Å². The standard InChI is InChI=1S/C33H50ClNO5/c34-29-24-31(37)33(27-15-13-26(14-16-27)30(36)17-12-25-8-4-3-5-9-25)28(29)10-6-1-2-7-11-32(38)40-23-20-35-18-21-39-22-19-35/h1,6,13-16,25,28-31,33,36-37H,2-5,7-12,17-24H2/t28-,29+,30?,31+,33+/m0/s1. The van der Waals surface area contributed by atoms with Gasteiger partial charge in [0.2, 0.25) is 0 Å². The van der Waals surface area contributed by atoms with Gasteiger partial charge in [0.25, 0.3) is 0 Å². The molecule has 3 fully saturated rings. The third kappa shape index (κ3) is 9.84. The number of esters is 1. The molecule has 0 bridgehead atoms. The minimum absolute atomic E-state index is 0.0120. The number of allylic oxidation sites excluding steroid dienone is 2. The van der Waals surface area contributed by atoms with Crippen molar-refractivity contribution in [1.82, 2.24) is 4.90 Å². The van der Waals surface area contributed by atoms with Crippen molar-refractivity contribution in [3.63, 3.8) is 0 Å². The van der Waals surface area contributed by atoms with E-state index in [1.165, 1.54) is 32.1 Å². The van der Waals surface area contributed by atoms with Crippen LogP contribution in [-0.4, -0.2) is 72.0 Å². The fourth-order valence-electron chi connectivity index (χ4n) is 6.72. The third-order valence-electron chi connectivity index (χ3n) is 9.19. The van der Waals surface area contributed by atoms with E-state index in [-0.39, 0.29) is 23.2 Å². The molecule has 1 aromatic carbocycles. The predicted molar refractivity (Wildman–Crippen MR) is 160 cm³/mol. The topological polar surface area (TPSA) is 79.2 Å². The summed E-state index contributed by atoms with van der Waals surface area (Å²) in [6, 6.07) is 8.21. The van der Waals surface area contributed by atoms with Crippen LogP contribution < -0.4 is 0 Å². The van der Waals surface area contributed by atoms with Crippen LogP contribution in [0.25, 0.3) is 0 Å². The molecule has 0 amide bonds. The molecule has 2 saturated carbocycles. The Balaban J connectivity index is 1.17. The van der Waals surface area contributed by atoms with Crippen molar-refractivity contribution in [3.05, 3.63) is 47.5 Å². The van der Waals surface area contributed by atoms with Crippen molar-refractivity contribution in [3.8, 4) is 0 Å². The predicted octanol–water partition coefficient (Wildman–Crippen LogP) is 6.14. The van der Waals surface area contributed by atoms with Crippen LogP contribution in [-0.2, 0) is 14.3 Å². The van der Waals surface area contributed by atoms with Crippen LogP contribution in [0.15, 0.2) is 36.4 Å². The van der Waals surface area contributed by atoms with Gasteiger partial charge in [0.1, 0.15) is 6.61 Å². The Hall–Kier alpha value is -1.44. The van der Waals surface area contributed by atoms with Crippen LogP contribution in [0.2, 0.25) is 0 Å². The molecule has 4 rings (SSSR count). The molecule has 2 aliphatic carbocycles. The van der Waals surface area contributed by atoms with E-state index in [4.69, 9.17) is 21.1 Å². The summed E-state index contributed by atoms with van der Waals surface area (Å²) >= 11 is 6.70. The third-order valence-corrected chi connectivity index (χ3v) is 9.69. The first kappa shape index (κ1) is 31.5. The smallest absolute Gasteiger partial charge is 0.305 e. The molecule has 2 N–H and O–H groups in total. The number of nitrogens with zero attached hydrogens (tertiary/aromatic N) is 1. The average molecular weight is 576 g/mol. The zero-order chi connectivity index (χ0) is 28.2. The number of alkyl halides is 1. The maximum Gasteiger partial charge on any atom is 0.305 e. The number of hydrogen-bond acceptors (Lipinski definition) is 6. The van der Waals surface area contributed by atoms with Crippen molar-refractivity contribution < 1.29 is 24.5 Å². The lowest BCUT2D eigenvalue weighted by molar-refractivity contribution is -0.144. The normalized spacial score (nSPS) is 27.3. The van der Waals surface area contributed by atoms with Gasteiger partial charge in [-0.25, -0.2) is 0 Å². The zero-order valence-corrected chi connectivity index (χ0v) is 24.9. The van der Waals surface area contributed by atoms with Gasteiger partial charge in [-0.2, -0.15) is 0 Å². The number of benzene rings is 1.